The van der Waals surface area contributed by atoms with Gasteiger partial charge in [-0.15, -0.1) is 11.3 Å². The van der Waals surface area contributed by atoms with E-state index in [1.54, 1.807) is 30.6 Å². The minimum absolute atomic E-state index is 0.234. The standard InChI is InChI=1S/C20H21FN2O2S/c1-23(11-12-25-19-9-7-18(24-2)8-10-19)13-17-14-26-20(22-17)15-3-5-16(21)6-4-15/h3-10,14H,11-13H2,1-2H3. The Morgan fingerprint density at radius 2 is 1.73 bits per heavy atom. The van der Waals surface area contributed by atoms with Gasteiger partial charge in [-0.25, -0.2) is 9.37 Å². The molecule has 0 fully saturated rings. The fourth-order valence-corrected chi connectivity index (χ4v) is 3.27. The number of likely N-dealkylation sites (N-methyl/N-ethyl adjacent to an activating group) is 1. The van der Waals surface area contributed by atoms with Crippen molar-refractivity contribution in [2.45, 2.75) is 6.54 Å². The molecular formula is C20H21FN2O2S. The number of ether oxygens (including phenoxy) is 2. The minimum Gasteiger partial charge on any atom is -0.497 e. The molecule has 0 aliphatic heterocycles. The summed E-state index contributed by atoms with van der Waals surface area (Å²) in [5, 5.41) is 2.95. The van der Waals surface area contributed by atoms with E-state index in [-0.39, 0.29) is 5.82 Å². The fourth-order valence-electron chi connectivity index (χ4n) is 2.45. The van der Waals surface area contributed by atoms with Crippen LogP contribution in [-0.2, 0) is 6.54 Å². The lowest BCUT2D eigenvalue weighted by molar-refractivity contribution is 0.231. The number of benzene rings is 2. The molecule has 0 amide bonds. The Balaban J connectivity index is 1.47. The van der Waals surface area contributed by atoms with Gasteiger partial charge in [0.2, 0.25) is 0 Å². The van der Waals surface area contributed by atoms with Crippen molar-refractivity contribution < 1.29 is 13.9 Å². The number of hydrogen-bond donors (Lipinski definition) is 0. The van der Waals surface area contributed by atoms with Gasteiger partial charge in [0, 0.05) is 24.0 Å². The highest BCUT2D eigenvalue weighted by Crippen LogP contribution is 2.24. The van der Waals surface area contributed by atoms with Crippen LogP contribution in [-0.4, -0.2) is 37.2 Å². The predicted octanol–water partition coefficient (Wildman–Crippen LogP) is 4.47. The normalized spacial score (nSPS) is 10.9. The number of aromatic nitrogens is 1. The molecule has 1 heterocycles. The lowest BCUT2D eigenvalue weighted by atomic mass is 10.2. The zero-order chi connectivity index (χ0) is 18.4. The molecule has 2 aromatic carbocycles. The lowest BCUT2D eigenvalue weighted by Gasteiger charge is -2.15. The van der Waals surface area contributed by atoms with Crippen molar-refractivity contribution in [2.75, 3.05) is 27.3 Å². The summed E-state index contributed by atoms with van der Waals surface area (Å²) in [6, 6.07) is 14.0. The SMILES string of the molecule is COc1ccc(OCCN(C)Cc2csc(-c3ccc(F)cc3)n2)cc1. The molecule has 0 aliphatic carbocycles. The van der Waals surface area contributed by atoms with E-state index < -0.39 is 0 Å². The molecule has 0 unspecified atom stereocenters. The molecule has 0 radical (unpaired) electrons. The molecule has 0 N–H and O–H groups in total. The second-order valence-corrected chi connectivity index (χ2v) is 6.77. The van der Waals surface area contributed by atoms with Crippen molar-refractivity contribution in [3.05, 3.63) is 65.4 Å². The Morgan fingerprint density at radius 1 is 1.04 bits per heavy atom. The van der Waals surface area contributed by atoms with Crippen LogP contribution in [0, 0.1) is 5.82 Å². The summed E-state index contributed by atoms with van der Waals surface area (Å²) in [4.78, 5) is 6.79. The van der Waals surface area contributed by atoms with Crippen molar-refractivity contribution in [2.24, 2.45) is 0 Å². The van der Waals surface area contributed by atoms with E-state index in [4.69, 9.17) is 9.47 Å². The molecule has 3 rings (SSSR count). The zero-order valence-corrected chi connectivity index (χ0v) is 15.6. The van der Waals surface area contributed by atoms with Gasteiger partial charge >= 0.3 is 0 Å². The molecule has 0 saturated heterocycles. The highest BCUT2D eigenvalue weighted by atomic mass is 32.1. The maximum atomic E-state index is 13.0. The topological polar surface area (TPSA) is 34.6 Å². The number of hydrogen-bond acceptors (Lipinski definition) is 5. The van der Waals surface area contributed by atoms with Gasteiger partial charge in [-0.05, 0) is 55.6 Å². The smallest absolute Gasteiger partial charge is 0.123 e. The molecule has 0 aliphatic rings. The summed E-state index contributed by atoms with van der Waals surface area (Å²) < 4.78 is 23.9. The molecule has 1 aromatic heterocycles. The number of thiazole rings is 1. The molecule has 136 valence electrons. The Kier molecular flexibility index (Phi) is 6.20. The first-order valence-electron chi connectivity index (χ1n) is 8.30. The van der Waals surface area contributed by atoms with Crippen LogP contribution in [0.5, 0.6) is 11.5 Å². The van der Waals surface area contributed by atoms with Crippen LogP contribution >= 0.6 is 11.3 Å². The lowest BCUT2D eigenvalue weighted by Crippen LogP contribution is -2.24. The Morgan fingerprint density at radius 3 is 2.42 bits per heavy atom. The van der Waals surface area contributed by atoms with Crippen molar-refractivity contribution in [1.82, 2.24) is 9.88 Å². The van der Waals surface area contributed by atoms with Crippen molar-refractivity contribution in [3.8, 4) is 22.1 Å². The van der Waals surface area contributed by atoms with E-state index in [0.717, 1.165) is 40.9 Å². The average molecular weight is 372 g/mol. The van der Waals surface area contributed by atoms with E-state index in [9.17, 15) is 4.39 Å². The van der Waals surface area contributed by atoms with Crippen LogP contribution in [0.1, 0.15) is 5.69 Å². The summed E-state index contributed by atoms with van der Waals surface area (Å²) >= 11 is 1.57. The van der Waals surface area contributed by atoms with Gasteiger partial charge in [0.1, 0.15) is 28.9 Å². The summed E-state index contributed by atoms with van der Waals surface area (Å²) in [5.41, 5.74) is 1.94. The average Bonchev–Trinajstić information content (AvgIpc) is 3.11. The van der Waals surface area contributed by atoms with E-state index in [2.05, 4.69) is 9.88 Å². The van der Waals surface area contributed by atoms with Gasteiger partial charge in [-0.1, -0.05) is 0 Å². The monoisotopic (exact) mass is 372 g/mol. The summed E-state index contributed by atoms with van der Waals surface area (Å²) in [6.45, 7) is 2.12. The first kappa shape index (κ1) is 18.4. The molecule has 0 saturated carbocycles. The van der Waals surface area contributed by atoms with Crippen LogP contribution in [0.15, 0.2) is 53.9 Å². The number of halogens is 1. The second-order valence-electron chi connectivity index (χ2n) is 5.91. The van der Waals surface area contributed by atoms with Crippen molar-refractivity contribution in [3.63, 3.8) is 0 Å². The van der Waals surface area contributed by atoms with Crippen molar-refractivity contribution >= 4 is 11.3 Å². The second kappa shape index (κ2) is 8.78. The predicted molar refractivity (Wildman–Crippen MR) is 102 cm³/mol. The third-order valence-electron chi connectivity index (χ3n) is 3.88. The maximum Gasteiger partial charge on any atom is 0.123 e. The molecular weight excluding hydrogens is 351 g/mol. The largest absolute Gasteiger partial charge is 0.497 e. The number of rotatable bonds is 8. The summed E-state index contributed by atoms with van der Waals surface area (Å²) in [5.74, 6) is 1.41. The van der Waals surface area contributed by atoms with Gasteiger partial charge in [0.15, 0.2) is 0 Å². The molecule has 26 heavy (non-hydrogen) atoms. The minimum atomic E-state index is -0.234. The van der Waals surface area contributed by atoms with E-state index in [1.165, 1.54) is 12.1 Å². The molecule has 6 heteroatoms. The van der Waals surface area contributed by atoms with Gasteiger partial charge in [-0.3, -0.25) is 4.90 Å². The zero-order valence-electron chi connectivity index (χ0n) is 14.8. The highest BCUT2D eigenvalue weighted by molar-refractivity contribution is 7.13. The Labute approximate surface area is 156 Å². The van der Waals surface area contributed by atoms with Crippen LogP contribution < -0.4 is 9.47 Å². The quantitative estimate of drug-likeness (QED) is 0.584. The van der Waals surface area contributed by atoms with Crippen molar-refractivity contribution in [1.29, 1.82) is 0 Å². The molecule has 3 aromatic rings. The first-order chi connectivity index (χ1) is 12.6. The Bertz CT molecular complexity index is 819. The van der Waals surface area contributed by atoms with Crippen LogP contribution in [0.2, 0.25) is 0 Å². The van der Waals surface area contributed by atoms with Gasteiger partial charge in [0.25, 0.3) is 0 Å². The van der Waals surface area contributed by atoms with Crippen LogP contribution in [0.3, 0.4) is 0 Å². The van der Waals surface area contributed by atoms with Gasteiger partial charge in [-0.2, -0.15) is 0 Å². The fraction of sp³-hybridized carbons (Fsp3) is 0.250. The number of nitrogens with zero attached hydrogens (tertiary/aromatic N) is 2. The van der Waals surface area contributed by atoms with Gasteiger partial charge in [0.05, 0.1) is 12.8 Å². The van der Waals surface area contributed by atoms with Gasteiger partial charge < -0.3 is 9.47 Å². The van der Waals surface area contributed by atoms with E-state index in [0.29, 0.717) is 6.61 Å². The summed E-state index contributed by atoms with van der Waals surface area (Å²) in [6.07, 6.45) is 0. The maximum absolute atomic E-state index is 13.0. The van der Waals surface area contributed by atoms with E-state index in [1.807, 2.05) is 36.7 Å². The molecule has 4 nitrogen and oxygen atoms in total. The Hall–Kier alpha value is -2.44. The third kappa shape index (κ3) is 5.03. The van der Waals surface area contributed by atoms with Crippen LogP contribution in [0.25, 0.3) is 10.6 Å². The van der Waals surface area contributed by atoms with E-state index >= 15 is 0 Å². The highest BCUT2D eigenvalue weighted by Gasteiger charge is 2.08. The molecule has 0 atom stereocenters. The molecule has 0 bridgehead atoms. The first-order valence-corrected chi connectivity index (χ1v) is 9.18. The molecule has 0 spiro atoms. The summed E-state index contributed by atoms with van der Waals surface area (Å²) in [7, 11) is 3.68. The number of methoxy groups -OCH3 is 1. The third-order valence-corrected chi connectivity index (χ3v) is 4.82. The van der Waals surface area contributed by atoms with Crippen LogP contribution in [0.4, 0.5) is 4.39 Å².